The van der Waals surface area contributed by atoms with E-state index in [0.717, 1.165) is 12.1 Å². The predicted octanol–water partition coefficient (Wildman–Crippen LogP) is 2.82. The van der Waals surface area contributed by atoms with Crippen LogP contribution in [0.5, 0.6) is 0 Å². The number of hydrogen-bond acceptors (Lipinski definition) is 2. The molecule has 2 aromatic carbocycles. The highest BCUT2D eigenvalue weighted by Crippen LogP contribution is 2.23. The predicted molar refractivity (Wildman–Crippen MR) is 77.8 cm³/mol. The van der Waals surface area contributed by atoms with Crippen molar-refractivity contribution in [3.05, 3.63) is 66.0 Å². The molecule has 0 saturated carbocycles. The van der Waals surface area contributed by atoms with Gasteiger partial charge >= 0.3 is 0 Å². The van der Waals surface area contributed by atoms with Gasteiger partial charge in [-0.2, -0.15) is 5.10 Å². The van der Waals surface area contributed by atoms with Gasteiger partial charge in [0.25, 0.3) is 0 Å². The number of fused-ring (bicyclic) bond motifs is 1. The molecule has 0 spiro atoms. The topological polar surface area (TPSA) is 43.8 Å². The van der Waals surface area contributed by atoms with Crippen LogP contribution >= 0.6 is 0 Å². The molecule has 0 amide bonds. The van der Waals surface area contributed by atoms with Crippen LogP contribution in [-0.4, -0.2) is 9.78 Å². The van der Waals surface area contributed by atoms with Crippen LogP contribution in [0.15, 0.2) is 54.7 Å². The van der Waals surface area contributed by atoms with Crippen LogP contribution in [0.2, 0.25) is 0 Å². The standard InChI is InChI=1S/C16H17N3/c1-19-16(9-10-18-19)15(17)11-13-7-4-6-12-5-2-3-8-14(12)13/h2-10,15H,11,17H2,1H3. The van der Waals surface area contributed by atoms with E-state index in [0.29, 0.717) is 0 Å². The number of rotatable bonds is 3. The Balaban J connectivity index is 1.96. The Bertz CT molecular complexity index is 695. The van der Waals surface area contributed by atoms with Crippen LogP contribution in [0.4, 0.5) is 0 Å². The van der Waals surface area contributed by atoms with Crippen LogP contribution in [-0.2, 0) is 13.5 Å². The fraction of sp³-hybridized carbons (Fsp3) is 0.188. The second kappa shape index (κ2) is 4.86. The number of aromatic nitrogens is 2. The van der Waals surface area contributed by atoms with Crippen molar-refractivity contribution in [3.8, 4) is 0 Å². The molecule has 3 heteroatoms. The third kappa shape index (κ3) is 2.25. The van der Waals surface area contributed by atoms with E-state index in [1.807, 2.05) is 17.8 Å². The van der Waals surface area contributed by atoms with Crippen LogP contribution in [0, 0.1) is 0 Å². The van der Waals surface area contributed by atoms with E-state index in [1.165, 1.54) is 16.3 Å². The zero-order chi connectivity index (χ0) is 13.2. The van der Waals surface area contributed by atoms with Crippen molar-refractivity contribution in [2.75, 3.05) is 0 Å². The van der Waals surface area contributed by atoms with Crippen molar-refractivity contribution in [1.82, 2.24) is 9.78 Å². The Morgan fingerprint density at radius 3 is 2.68 bits per heavy atom. The molecule has 0 fully saturated rings. The molecule has 1 unspecified atom stereocenters. The highest BCUT2D eigenvalue weighted by molar-refractivity contribution is 5.85. The molecule has 2 N–H and O–H groups in total. The summed E-state index contributed by atoms with van der Waals surface area (Å²) in [5, 5.41) is 6.72. The highest BCUT2D eigenvalue weighted by atomic mass is 15.3. The number of nitrogens with zero attached hydrogens (tertiary/aromatic N) is 2. The quantitative estimate of drug-likeness (QED) is 0.778. The second-order valence-corrected chi connectivity index (χ2v) is 4.83. The number of benzene rings is 2. The van der Waals surface area contributed by atoms with Gasteiger partial charge in [0.2, 0.25) is 0 Å². The molecular weight excluding hydrogens is 234 g/mol. The molecule has 0 aliphatic rings. The fourth-order valence-electron chi connectivity index (χ4n) is 2.56. The molecule has 0 aliphatic carbocycles. The summed E-state index contributed by atoms with van der Waals surface area (Å²) < 4.78 is 1.84. The Morgan fingerprint density at radius 1 is 1.11 bits per heavy atom. The molecular formula is C16H17N3. The van der Waals surface area contributed by atoms with Gasteiger partial charge in [0, 0.05) is 13.2 Å². The lowest BCUT2D eigenvalue weighted by Gasteiger charge is -2.14. The van der Waals surface area contributed by atoms with E-state index in [4.69, 9.17) is 5.73 Å². The van der Waals surface area contributed by atoms with Crippen molar-refractivity contribution in [2.24, 2.45) is 12.8 Å². The Kier molecular flexibility index (Phi) is 3.05. The third-order valence-corrected chi connectivity index (χ3v) is 3.56. The minimum absolute atomic E-state index is 0.0293. The van der Waals surface area contributed by atoms with Crippen molar-refractivity contribution in [1.29, 1.82) is 0 Å². The minimum Gasteiger partial charge on any atom is -0.322 e. The van der Waals surface area contributed by atoms with Gasteiger partial charge in [0.15, 0.2) is 0 Å². The Morgan fingerprint density at radius 2 is 1.89 bits per heavy atom. The minimum atomic E-state index is -0.0293. The van der Waals surface area contributed by atoms with Crippen LogP contribution in [0.25, 0.3) is 10.8 Å². The van der Waals surface area contributed by atoms with Gasteiger partial charge in [-0.3, -0.25) is 4.68 Å². The maximum absolute atomic E-state index is 6.30. The fourth-order valence-corrected chi connectivity index (χ4v) is 2.56. The highest BCUT2D eigenvalue weighted by Gasteiger charge is 2.12. The molecule has 0 radical (unpaired) electrons. The van der Waals surface area contributed by atoms with Crippen molar-refractivity contribution in [2.45, 2.75) is 12.5 Å². The SMILES string of the molecule is Cn1nccc1C(N)Cc1cccc2ccccc12. The van der Waals surface area contributed by atoms with E-state index in [-0.39, 0.29) is 6.04 Å². The van der Waals surface area contributed by atoms with E-state index in [9.17, 15) is 0 Å². The molecule has 3 nitrogen and oxygen atoms in total. The van der Waals surface area contributed by atoms with Crippen molar-refractivity contribution >= 4 is 10.8 Å². The van der Waals surface area contributed by atoms with Gasteiger partial charge in [0.05, 0.1) is 11.7 Å². The summed E-state index contributed by atoms with van der Waals surface area (Å²) in [4.78, 5) is 0. The zero-order valence-electron chi connectivity index (χ0n) is 11.0. The van der Waals surface area contributed by atoms with Crippen LogP contribution in [0.1, 0.15) is 17.3 Å². The lowest BCUT2D eigenvalue weighted by Crippen LogP contribution is -2.17. The Hall–Kier alpha value is -2.13. The van der Waals surface area contributed by atoms with Gasteiger partial charge in [-0.25, -0.2) is 0 Å². The van der Waals surface area contributed by atoms with Gasteiger partial charge in [-0.05, 0) is 28.8 Å². The lowest BCUT2D eigenvalue weighted by atomic mass is 9.98. The first-order valence-electron chi connectivity index (χ1n) is 6.46. The van der Waals surface area contributed by atoms with Gasteiger partial charge in [-0.1, -0.05) is 42.5 Å². The summed E-state index contributed by atoms with van der Waals surface area (Å²) in [6.45, 7) is 0. The molecule has 96 valence electrons. The maximum atomic E-state index is 6.30. The first-order valence-corrected chi connectivity index (χ1v) is 6.46. The molecule has 1 heterocycles. The number of aryl methyl sites for hydroxylation is 1. The lowest BCUT2D eigenvalue weighted by molar-refractivity contribution is 0.618. The number of nitrogens with two attached hydrogens (primary N) is 1. The van der Waals surface area contributed by atoms with E-state index < -0.39 is 0 Å². The third-order valence-electron chi connectivity index (χ3n) is 3.56. The normalized spacial score (nSPS) is 12.7. The first kappa shape index (κ1) is 11.9. The van der Waals surface area contributed by atoms with Crippen LogP contribution in [0.3, 0.4) is 0 Å². The van der Waals surface area contributed by atoms with Crippen molar-refractivity contribution in [3.63, 3.8) is 0 Å². The molecule has 1 atom stereocenters. The second-order valence-electron chi connectivity index (χ2n) is 4.83. The monoisotopic (exact) mass is 251 g/mol. The molecule has 1 aromatic heterocycles. The van der Waals surface area contributed by atoms with Gasteiger partial charge < -0.3 is 5.73 Å². The number of hydrogen-bond donors (Lipinski definition) is 1. The smallest absolute Gasteiger partial charge is 0.0551 e. The summed E-state index contributed by atoms with van der Waals surface area (Å²) in [6.07, 6.45) is 2.61. The largest absolute Gasteiger partial charge is 0.322 e. The summed E-state index contributed by atoms with van der Waals surface area (Å²) in [5.41, 5.74) is 8.65. The average molecular weight is 251 g/mol. The Labute approximate surface area is 112 Å². The molecule has 0 bridgehead atoms. The van der Waals surface area contributed by atoms with Crippen LogP contribution < -0.4 is 5.73 Å². The molecule has 19 heavy (non-hydrogen) atoms. The summed E-state index contributed by atoms with van der Waals surface area (Å²) >= 11 is 0. The average Bonchev–Trinajstić information content (AvgIpc) is 2.85. The summed E-state index contributed by atoms with van der Waals surface area (Å²) in [7, 11) is 1.93. The van der Waals surface area contributed by atoms with E-state index in [2.05, 4.69) is 47.6 Å². The van der Waals surface area contributed by atoms with E-state index >= 15 is 0 Å². The summed E-state index contributed by atoms with van der Waals surface area (Å²) in [6, 6.07) is 16.7. The molecule has 3 aromatic rings. The molecule has 0 saturated heterocycles. The molecule has 3 rings (SSSR count). The van der Waals surface area contributed by atoms with Gasteiger partial charge in [-0.15, -0.1) is 0 Å². The first-order chi connectivity index (χ1) is 9.25. The van der Waals surface area contributed by atoms with Crippen molar-refractivity contribution < 1.29 is 0 Å². The maximum Gasteiger partial charge on any atom is 0.0551 e. The van der Waals surface area contributed by atoms with E-state index in [1.54, 1.807) is 6.20 Å². The molecule has 0 aliphatic heterocycles. The zero-order valence-corrected chi connectivity index (χ0v) is 11.0. The van der Waals surface area contributed by atoms with Gasteiger partial charge in [0.1, 0.15) is 0 Å². The summed E-state index contributed by atoms with van der Waals surface area (Å²) in [5.74, 6) is 0.